The Bertz CT molecular complexity index is 585. The van der Waals surface area contributed by atoms with Gasteiger partial charge in [0.25, 0.3) is 0 Å². The Hall–Kier alpha value is -0.460. The van der Waals surface area contributed by atoms with E-state index in [1.54, 1.807) is 0 Å². The van der Waals surface area contributed by atoms with Crippen LogP contribution >= 0.6 is 7.60 Å². The monoisotopic (exact) mass is 548 g/mol. The molecule has 1 fully saturated rings. The van der Waals surface area contributed by atoms with Gasteiger partial charge in [-0.3, -0.25) is 9.36 Å². The molecule has 2 atom stereocenters. The van der Waals surface area contributed by atoms with Crippen LogP contribution in [0, 0.1) is 0 Å². The molecule has 0 aliphatic carbocycles. The highest BCUT2D eigenvalue weighted by atomic mass is 31.2. The van der Waals surface area contributed by atoms with Gasteiger partial charge in [0.1, 0.15) is 6.10 Å². The van der Waals surface area contributed by atoms with Gasteiger partial charge in [0.05, 0.1) is 39.0 Å². The maximum absolute atomic E-state index is 12.3. The van der Waals surface area contributed by atoms with Gasteiger partial charge in [-0.25, -0.2) is 0 Å². The average molecular weight is 549 g/mol. The van der Waals surface area contributed by atoms with Crippen LogP contribution in [0.4, 0.5) is 0 Å². The number of likely N-dealkylation sites (tertiary alicyclic amines) is 1. The first-order valence-corrected chi connectivity index (χ1v) is 17.2. The Morgan fingerprint density at radius 3 is 1.78 bits per heavy atom. The molecule has 2 unspecified atom stereocenters. The third-order valence-corrected chi connectivity index (χ3v) is 8.64. The van der Waals surface area contributed by atoms with Crippen molar-refractivity contribution in [1.82, 2.24) is 0 Å². The number of carbonyl (C=O) groups excluding carboxylic acids is 1. The second kappa shape index (κ2) is 23.4. The zero-order valence-corrected chi connectivity index (χ0v) is 25.1. The first kappa shape index (κ1) is 34.6. The standard InChI is InChI=1S/C29H58NO6P/c1-3-4-5-6-7-8-9-10-11-12-13-14-15-16-17-20-24-34-26-29(36-28(2)31)27-35-37(32,33)25-23-30-21-18-19-22-30/h29H,3-27H2,1-2H3,(H,32,33)/p+1. The molecule has 0 aromatic rings. The van der Waals surface area contributed by atoms with E-state index in [1.807, 2.05) is 0 Å². The van der Waals surface area contributed by atoms with E-state index in [2.05, 4.69) is 6.92 Å². The number of unbranched alkanes of at least 4 members (excludes halogenated alkanes) is 15. The minimum atomic E-state index is -3.69. The molecular weight excluding hydrogens is 489 g/mol. The molecule has 0 bridgehead atoms. The SMILES string of the molecule is CCCCCCCCCCCCCCCCCCOCC(COP(=O)(O)CC[NH+]1CCCC1)OC(C)=O. The van der Waals surface area contributed by atoms with Crippen molar-refractivity contribution in [1.29, 1.82) is 0 Å². The van der Waals surface area contributed by atoms with E-state index in [0.717, 1.165) is 25.9 Å². The van der Waals surface area contributed by atoms with Crippen LogP contribution in [0.1, 0.15) is 129 Å². The Labute approximate surface area is 227 Å². The molecule has 0 spiro atoms. The summed E-state index contributed by atoms with van der Waals surface area (Å²) in [5.41, 5.74) is 0. The summed E-state index contributed by atoms with van der Waals surface area (Å²) in [6.45, 7) is 7.05. The Morgan fingerprint density at radius 2 is 1.30 bits per heavy atom. The fraction of sp³-hybridized carbons (Fsp3) is 0.966. The topological polar surface area (TPSA) is 86.5 Å². The number of ether oxygens (including phenoxy) is 2. The summed E-state index contributed by atoms with van der Waals surface area (Å²) >= 11 is 0. The van der Waals surface area contributed by atoms with Gasteiger partial charge in [-0.2, -0.15) is 0 Å². The predicted molar refractivity (Wildman–Crippen MR) is 151 cm³/mol. The molecule has 2 N–H and O–H groups in total. The lowest BCUT2D eigenvalue weighted by molar-refractivity contribution is -0.884. The lowest BCUT2D eigenvalue weighted by Crippen LogP contribution is -3.10. The van der Waals surface area contributed by atoms with E-state index in [1.165, 1.54) is 115 Å². The number of hydrogen-bond acceptors (Lipinski definition) is 5. The third kappa shape index (κ3) is 22.1. The zero-order valence-electron chi connectivity index (χ0n) is 24.2. The summed E-state index contributed by atoms with van der Waals surface area (Å²) in [6.07, 6.45) is 23.1. The molecule has 0 aromatic carbocycles. The zero-order chi connectivity index (χ0) is 27.0. The van der Waals surface area contributed by atoms with Gasteiger partial charge < -0.3 is 23.8 Å². The molecule has 8 heteroatoms. The van der Waals surface area contributed by atoms with E-state index in [4.69, 9.17) is 14.0 Å². The highest BCUT2D eigenvalue weighted by Gasteiger charge is 2.26. The van der Waals surface area contributed by atoms with Gasteiger partial charge >= 0.3 is 13.6 Å². The average Bonchev–Trinajstić information content (AvgIpc) is 3.39. The highest BCUT2D eigenvalue weighted by Crippen LogP contribution is 2.41. The second-order valence-corrected chi connectivity index (χ2v) is 13.0. The van der Waals surface area contributed by atoms with Crippen molar-refractivity contribution in [2.75, 3.05) is 45.6 Å². The Morgan fingerprint density at radius 1 is 0.811 bits per heavy atom. The highest BCUT2D eigenvalue weighted by molar-refractivity contribution is 7.52. The van der Waals surface area contributed by atoms with Crippen molar-refractivity contribution < 1.29 is 33.2 Å². The van der Waals surface area contributed by atoms with Crippen LogP contribution in [-0.2, 0) is 23.4 Å². The first-order valence-electron chi connectivity index (χ1n) is 15.5. The summed E-state index contributed by atoms with van der Waals surface area (Å²) in [5.74, 6) is -0.436. The lowest BCUT2D eigenvalue weighted by Gasteiger charge is -2.20. The molecule has 1 aliphatic heterocycles. The van der Waals surface area contributed by atoms with Crippen molar-refractivity contribution in [2.24, 2.45) is 0 Å². The molecule has 7 nitrogen and oxygen atoms in total. The predicted octanol–water partition coefficient (Wildman–Crippen LogP) is 6.08. The number of nitrogens with one attached hydrogen (secondary N) is 1. The van der Waals surface area contributed by atoms with Crippen molar-refractivity contribution in [3.05, 3.63) is 0 Å². The molecule has 1 aliphatic rings. The molecular formula is C29H59NO6P+. The largest absolute Gasteiger partial charge is 0.458 e. The fourth-order valence-corrected chi connectivity index (χ4v) is 6.13. The molecule has 1 heterocycles. The number of hydrogen-bond donors (Lipinski definition) is 2. The van der Waals surface area contributed by atoms with Crippen LogP contribution in [0.25, 0.3) is 0 Å². The fourth-order valence-electron chi connectivity index (χ4n) is 5.01. The van der Waals surface area contributed by atoms with Gasteiger partial charge in [0.15, 0.2) is 0 Å². The van der Waals surface area contributed by atoms with Crippen LogP contribution in [0.2, 0.25) is 0 Å². The van der Waals surface area contributed by atoms with Gasteiger partial charge in [-0.15, -0.1) is 0 Å². The van der Waals surface area contributed by atoms with Crippen LogP contribution in [0.5, 0.6) is 0 Å². The number of rotatable bonds is 26. The van der Waals surface area contributed by atoms with Crippen LogP contribution in [0.15, 0.2) is 0 Å². The summed E-state index contributed by atoms with van der Waals surface area (Å²) < 4.78 is 28.5. The molecule has 37 heavy (non-hydrogen) atoms. The maximum Gasteiger partial charge on any atom is 0.333 e. The molecule has 1 saturated heterocycles. The van der Waals surface area contributed by atoms with Crippen LogP contribution in [-0.4, -0.2) is 62.6 Å². The number of quaternary nitrogens is 1. The normalized spacial score (nSPS) is 16.6. The van der Waals surface area contributed by atoms with Gasteiger partial charge in [-0.05, 0) is 6.42 Å². The molecule has 0 amide bonds. The van der Waals surface area contributed by atoms with E-state index in [0.29, 0.717) is 13.2 Å². The van der Waals surface area contributed by atoms with Crippen LogP contribution in [0.3, 0.4) is 0 Å². The Kier molecular flexibility index (Phi) is 21.9. The van der Waals surface area contributed by atoms with Crippen LogP contribution < -0.4 is 4.90 Å². The van der Waals surface area contributed by atoms with Gasteiger partial charge in [0.2, 0.25) is 0 Å². The van der Waals surface area contributed by atoms with E-state index >= 15 is 0 Å². The minimum absolute atomic E-state index is 0.109. The Balaban J connectivity index is 1.95. The van der Waals surface area contributed by atoms with Crippen molar-refractivity contribution in [3.63, 3.8) is 0 Å². The van der Waals surface area contributed by atoms with E-state index < -0.39 is 19.7 Å². The van der Waals surface area contributed by atoms with Crippen molar-refractivity contribution in [2.45, 2.75) is 136 Å². The summed E-state index contributed by atoms with van der Waals surface area (Å²) in [6, 6.07) is 0. The summed E-state index contributed by atoms with van der Waals surface area (Å²) in [5, 5.41) is 0. The van der Waals surface area contributed by atoms with E-state index in [9.17, 15) is 14.3 Å². The first-order chi connectivity index (χ1) is 17.9. The van der Waals surface area contributed by atoms with Crippen molar-refractivity contribution >= 4 is 13.6 Å². The molecule has 220 valence electrons. The second-order valence-electron chi connectivity index (χ2n) is 11.0. The summed E-state index contributed by atoms with van der Waals surface area (Å²) in [4.78, 5) is 22.9. The van der Waals surface area contributed by atoms with E-state index in [-0.39, 0.29) is 19.4 Å². The van der Waals surface area contributed by atoms with Crippen molar-refractivity contribution in [3.8, 4) is 0 Å². The number of carbonyl (C=O) groups is 1. The van der Waals surface area contributed by atoms with Gasteiger partial charge in [0, 0.05) is 26.4 Å². The summed E-state index contributed by atoms with van der Waals surface area (Å²) in [7, 11) is -3.69. The maximum atomic E-state index is 12.3. The van der Waals surface area contributed by atoms with Gasteiger partial charge in [-0.1, -0.05) is 103 Å². The molecule has 0 saturated carbocycles. The molecule has 0 aromatic heterocycles. The minimum Gasteiger partial charge on any atom is -0.458 e. The smallest absolute Gasteiger partial charge is 0.333 e. The quantitative estimate of drug-likeness (QED) is 0.0774. The molecule has 1 rings (SSSR count). The third-order valence-electron chi connectivity index (χ3n) is 7.30. The number of esters is 1. The molecule has 0 radical (unpaired) electrons. The lowest BCUT2D eigenvalue weighted by atomic mass is 10.0.